The molecule has 5 nitrogen and oxygen atoms in total. The van der Waals surface area contributed by atoms with Crippen molar-refractivity contribution in [2.75, 3.05) is 13.1 Å². The van der Waals surface area contributed by atoms with Crippen molar-refractivity contribution in [3.05, 3.63) is 36.0 Å². The van der Waals surface area contributed by atoms with Crippen LogP contribution in [-0.2, 0) is 4.79 Å². The molecule has 1 aliphatic rings. The molecule has 2 amide bonds. The number of fused-ring (bicyclic) bond motifs is 1. The van der Waals surface area contributed by atoms with Crippen molar-refractivity contribution in [3.63, 3.8) is 0 Å². The van der Waals surface area contributed by atoms with Gasteiger partial charge in [0.2, 0.25) is 5.91 Å². The van der Waals surface area contributed by atoms with Gasteiger partial charge in [-0.3, -0.25) is 9.59 Å². The Hall–Kier alpha value is -2.30. The van der Waals surface area contributed by atoms with E-state index >= 15 is 0 Å². The Morgan fingerprint density at radius 2 is 1.90 bits per heavy atom. The van der Waals surface area contributed by atoms with E-state index in [2.05, 4.69) is 4.98 Å². The fourth-order valence-corrected chi connectivity index (χ4v) is 2.79. The zero-order valence-corrected chi connectivity index (χ0v) is 11.1. The van der Waals surface area contributed by atoms with Gasteiger partial charge in [-0.25, -0.2) is 0 Å². The van der Waals surface area contributed by atoms with Crippen molar-refractivity contribution in [1.82, 2.24) is 9.88 Å². The molecule has 0 saturated carbocycles. The van der Waals surface area contributed by atoms with E-state index in [0.29, 0.717) is 31.5 Å². The van der Waals surface area contributed by atoms with E-state index < -0.39 is 0 Å². The number of aromatic nitrogens is 1. The van der Waals surface area contributed by atoms with Gasteiger partial charge in [0.25, 0.3) is 5.91 Å². The van der Waals surface area contributed by atoms with Crippen LogP contribution in [-0.4, -0.2) is 34.8 Å². The van der Waals surface area contributed by atoms with E-state index in [0.717, 1.165) is 10.9 Å². The summed E-state index contributed by atoms with van der Waals surface area (Å²) in [5, 5.41) is 0.939. The quantitative estimate of drug-likeness (QED) is 0.868. The van der Waals surface area contributed by atoms with Gasteiger partial charge in [0.05, 0.1) is 5.56 Å². The van der Waals surface area contributed by atoms with Crippen LogP contribution in [0.1, 0.15) is 23.2 Å². The van der Waals surface area contributed by atoms with Crippen LogP contribution in [0, 0.1) is 5.92 Å². The zero-order valence-electron chi connectivity index (χ0n) is 11.1. The Morgan fingerprint density at radius 3 is 2.60 bits per heavy atom. The lowest BCUT2D eigenvalue weighted by atomic mass is 9.96. The second-order valence-corrected chi connectivity index (χ2v) is 5.22. The maximum atomic E-state index is 12.5. The minimum atomic E-state index is -0.260. The highest BCUT2D eigenvalue weighted by Gasteiger charge is 2.27. The van der Waals surface area contributed by atoms with E-state index in [1.54, 1.807) is 11.1 Å². The Morgan fingerprint density at radius 1 is 1.20 bits per heavy atom. The highest BCUT2D eigenvalue weighted by Crippen LogP contribution is 2.23. The van der Waals surface area contributed by atoms with Crippen LogP contribution in [0.3, 0.4) is 0 Å². The smallest absolute Gasteiger partial charge is 0.256 e. The molecule has 0 atom stereocenters. The Bertz CT molecular complexity index is 654. The maximum absolute atomic E-state index is 12.5. The monoisotopic (exact) mass is 271 g/mol. The SMILES string of the molecule is NC(=O)C1CCN(C(=O)c2c[nH]c3ccccc23)CC1. The van der Waals surface area contributed by atoms with Crippen LogP contribution < -0.4 is 5.73 Å². The minimum absolute atomic E-state index is 0.0189. The van der Waals surface area contributed by atoms with Crippen molar-refractivity contribution >= 4 is 22.7 Å². The number of benzene rings is 1. The van der Waals surface area contributed by atoms with Crippen LogP contribution in [0.25, 0.3) is 10.9 Å². The molecule has 5 heteroatoms. The molecule has 1 aliphatic heterocycles. The van der Waals surface area contributed by atoms with Crippen LogP contribution >= 0.6 is 0 Å². The van der Waals surface area contributed by atoms with Gasteiger partial charge in [0.1, 0.15) is 0 Å². The Labute approximate surface area is 116 Å². The van der Waals surface area contributed by atoms with Crippen molar-refractivity contribution in [2.24, 2.45) is 11.7 Å². The molecule has 0 radical (unpaired) electrons. The van der Waals surface area contributed by atoms with E-state index in [1.807, 2.05) is 24.3 Å². The molecule has 2 heterocycles. The lowest BCUT2D eigenvalue weighted by Crippen LogP contribution is -2.41. The van der Waals surface area contributed by atoms with Crippen LogP contribution in [0.4, 0.5) is 0 Å². The summed E-state index contributed by atoms with van der Waals surface area (Å²) in [5.74, 6) is -0.336. The van der Waals surface area contributed by atoms with E-state index in [1.165, 1.54) is 0 Å². The first-order valence-electron chi connectivity index (χ1n) is 6.81. The topological polar surface area (TPSA) is 79.2 Å². The average molecular weight is 271 g/mol. The predicted octanol–water partition coefficient (Wildman–Crippen LogP) is 1.51. The maximum Gasteiger partial charge on any atom is 0.256 e. The molecule has 3 rings (SSSR count). The highest BCUT2D eigenvalue weighted by atomic mass is 16.2. The second-order valence-electron chi connectivity index (χ2n) is 5.22. The summed E-state index contributed by atoms with van der Waals surface area (Å²) >= 11 is 0. The van der Waals surface area contributed by atoms with Gasteiger partial charge < -0.3 is 15.6 Å². The molecule has 0 aliphatic carbocycles. The lowest BCUT2D eigenvalue weighted by Gasteiger charge is -2.30. The molecule has 0 bridgehead atoms. The number of carbonyl (C=O) groups is 2. The molecule has 1 aromatic carbocycles. The first-order chi connectivity index (χ1) is 9.66. The number of nitrogens with zero attached hydrogens (tertiary/aromatic N) is 1. The first-order valence-corrected chi connectivity index (χ1v) is 6.81. The number of H-pyrrole nitrogens is 1. The fraction of sp³-hybridized carbons (Fsp3) is 0.333. The number of piperidine rings is 1. The van der Waals surface area contributed by atoms with Gasteiger partial charge in [0.15, 0.2) is 0 Å². The fourth-order valence-electron chi connectivity index (χ4n) is 2.79. The molecule has 20 heavy (non-hydrogen) atoms. The number of hydrogen-bond donors (Lipinski definition) is 2. The van der Waals surface area contributed by atoms with Gasteiger partial charge in [-0.1, -0.05) is 18.2 Å². The van der Waals surface area contributed by atoms with Gasteiger partial charge in [-0.05, 0) is 18.9 Å². The molecule has 0 unspecified atom stereocenters. The summed E-state index contributed by atoms with van der Waals surface area (Å²) in [7, 11) is 0. The van der Waals surface area contributed by atoms with Gasteiger partial charge >= 0.3 is 0 Å². The predicted molar refractivity (Wildman–Crippen MR) is 76.1 cm³/mol. The molecule has 1 fully saturated rings. The minimum Gasteiger partial charge on any atom is -0.369 e. The summed E-state index contributed by atoms with van der Waals surface area (Å²) in [6.45, 7) is 1.18. The number of carbonyl (C=O) groups excluding carboxylic acids is 2. The first kappa shape index (κ1) is 12.7. The number of nitrogens with two attached hydrogens (primary N) is 1. The number of hydrogen-bond acceptors (Lipinski definition) is 2. The van der Waals surface area contributed by atoms with Crippen LogP contribution in [0.5, 0.6) is 0 Å². The number of likely N-dealkylation sites (tertiary alicyclic amines) is 1. The Kier molecular flexibility index (Phi) is 3.18. The third kappa shape index (κ3) is 2.15. The molecular weight excluding hydrogens is 254 g/mol. The average Bonchev–Trinajstić information content (AvgIpc) is 2.90. The van der Waals surface area contributed by atoms with Crippen molar-refractivity contribution in [2.45, 2.75) is 12.8 Å². The summed E-state index contributed by atoms with van der Waals surface area (Å²) in [5.41, 5.74) is 6.96. The number of rotatable bonds is 2. The number of nitrogens with one attached hydrogen (secondary N) is 1. The molecule has 1 aromatic heterocycles. The number of para-hydroxylation sites is 1. The van der Waals surface area contributed by atoms with Gasteiger partial charge in [-0.2, -0.15) is 0 Å². The Balaban J connectivity index is 1.78. The number of amides is 2. The molecule has 3 N–H and O–H groups in total. The normalized spacial score (nSPS) is 16.5. The van der Waals surface area contributed by atoms with E-state index in [4.69, 9.17) is 5.73 Å². The van der Waals surface area contributed by atoms with E-state index in [9.17, 15) is 9.59 Å². The van der Waals surface area contributed by atoms with Gasteiger partial charge in [-0.15, -0.1) is 0 Å². The molecular formula is C15H17N3O2. The second kappa shape index (κ2) is 5.00. The summed E-state index contributed by atoms with van der Waals surface area (Å²) in [6.07, 6.45) is 3.07. The summed E-state index contributed by atoms with van der Waals surface area (Å²) < 4.78 is 0. The van der Waals surface area contributed by atoms with Crippen molar-refractivity contribution in [1.29, 1.82) is 0 Å². The summed E-state index contributed by atoms with van der Waals surface area (Å²) in [6, 6.07) is 7.75. The largest absolute Gasteiger partial charge is 0.369 e. The van der Waals surface area contributed by atoms with Crippen molar-refractivity contribution < 1.29 is 9.59 Å². The molecule has 0 spiro atoms. The van der Waals surface area contributed by atoms with Gasteiger partial charge in [0, 0.05) is 36.1 Å². The lowest BCUT2D eigenvalue weighted by molar-refractivity contribution is -0.123. The standard InChI is InChI=1S/C15H17N3O2/c16-14(19)10-5-7-18(8-6-10)15(20)12-9-17-13-4-2-1-3-11(12)13/h1-4,9-10,17H,5-8H2,(H2,16,19). The van der Waals surface area contributed by atoms with Crippen LogP contribution in [0.2, 0.25) is 0 Å². The number of primary amides is 1. The highest BCUT2D eigenvalue weighted by molar-refractivity contribution is 6.06. The summed E-state index contributed by atoms with van der Waals surface area (Å²) in [4.78, 5) is 28.6. The van der Waals surface area contributed by atoms with Crippen LogP contribution in [0.15, 0.2) is 30.5 Å². The third-order valence-electron chi connectivity index (χ3n) is 4.00. The molecule has 1 saturated heterocycles. The van der Waals surface area contributed by atoms with E-state index in [-0.39, 0.29) is 17.7 Å². The van der Waals surface area contributed by atoms with Crippen molar-refractivity contribution in [3.8, 4) is 0 Å². The zero-order chi connectivity index (χ0) is 14.1. The molecule has 104 valence electrons. The third-order valence-corrected chi connectivity index (χ3v) is 4.00. The number of aromatic amines is 1. The molecule has 2 aromatic rings.